The molecule has 0 unspecified atom stereocenters. The third kappa shape index (κ3) is 10.9. The SMILES string of the molecule is CC/C=C(/OCC(=O)N1CCC(N2CCNCC2)CC1)N1CCC(N(CC)C(=O)Nc2ccccc2)CC1.Cc1cnc(N)c(C)c1. The number of nitrogen functional groups attached to an aromatic ring is 1. The molecule has 11 heteroatoms. The fourth-order valence-corrected chi connectivity index (χ4v) is 6.62. The van der Waals surface area contributed by atoms with Crippen molar-refractivity contribution in [1.82, 2.24) is 29.9 Å². The van der Waals surface area contributed by atoms with Crippen molar-refractivity contribution in [3.8, 4) is 0 Å². The molecule has 3 aliphatic heterocycles. The summed E-state index contributed by atoms with van der Waals surface area (Å²) in [7, 11) is 0. The lowest BCUT2D eigenvalue weighted by Crippen LogP contribution is -2.53. The van der Waals surface area contributed by atoms with Crippen molar-refractivity contribution < 1.29 is 14.3 Å². The molecule has 5 rings (SSSR count). The van der Waals surface area contributed by atoms with Crippen molar-refractivity contribution in [1.29, 1.82) is 0 Å². The maximum Gasteiger partial charge on any atom is 0.322 e. The first-order chi connectivity index (χ1) is 22.8. The van der Waals surface area contributed by atoms with E-state index in [1.54, 1.807) is 6.20 Å². The molecular formula is C36H56N8O3. The van der Waals surface area contributed by atoms with Gasteiger partial charge in [0.15, 0.2) is 12.5 Å². The Bertz CT molecular complexity index is 1280. The van der Waals surface area contributed by atoms with Gasteiger partial charge in [-0.05, 0) is 82.2 Å². The van der Waals surface area contributed by atoms with E-state index in [1.807, 2.05) is 67.0 Å². The molecule has 0 bridgehead atoms. The lowest BCUT2D eigenvalue weighted by Gasteiger charge is -2.41. The number of para-hydroxylation sites is 1. The highest BCUT2D eigenvalue weighted by Gasteiger charge is 2.30. The third-order valence-corrected chi connectivity index (χ3v) is 9.31. The number of hydrogen-bond acceptors (Lipinski definition) is 8. The highest BCUT2D eigenvalue weighted by molar-refractivity contribution is 5.89. The molecule has 47 heavy (non-hydrogen) atoms. The number of rotatable bonds is 9. The predicted molar refractivity (Wildman–Crippen MR) is 189 cm³/mol. The van der Waals surface area contributed by atoms with Crippen LogP contribution in [-0.2, 0) is 9.53 Å². The normalized spacial score (nSPS) is 18.3. The Labute approximate surface area is 281 Å². The lowest BCUT2D eigenvalue weighted by atomic mass is 10.0. The number of ether oxygens (including phenoxy) is 1. The van der Waals surface area contributed by atoms with Crippen LogP contribution in [-0.4, -0.2) is 114 Å². The topological polar surface area (TPSA) is 119 Å². The van der Waals surface area contributed by atoms with E-state index in [-0.39, 0.29) is 24.6 Å². The Morgan fingerprint density at radius 3 is 2.26 bits per heavy atom. The Hall–Kier alpha value is -3.83. The molecule has 4 N–H and O–H groups in total. The standard InChI is InChI=1S/C29H46N6O3.C7H10N2/c1-3-8-28(38-23-27(36)33-17-11-25(12-18-33)32-21-15-30-16-22-32)34-19-13-26(14-20-34)35(4-2)29(37)31-24-9-6-5-7-10-24;1-5-3-6(2)7(8)9-4-5/h5-10,25-26,30H,3-4,11-23H2,1-2H3,(H,31,37);3-4H,1-2H3,(H2,8,9)/b28-8+;. The van der Waals surface area contributed by atoms with E-state index in [0.29, 0.717) is 18.4 Å². The summed E-state index contributed by atoms with van der Waals surface area (Å²) in [6.45, 7) is 16.4. The highest BCUT2D eigenvalue weighted by atomic mass is 16.5. The average Bonchev–Trinajstić information content (AvgIpc) is 3.10. The average molecular weight is 649 g/mol. The Morgan fingerprint density at radius 1 is 1.00 bits per heavy atom. The second kappa shape index (κ2) is 18.5. The van der Waals surface area contributed by atoms with Gasteiger partial charge >= 0.3 is 6.03 Å². The van der Waals surface area contributed by atoms with E-state index in [4.69, 9.17) is 10.5 Å². The maximum atomic E-state index is 13.0. The monoisotopic (exact) mass is 648 g/mol. The molecule has 0 aliphatic carbocycles. The van der Waals surface area contributed by atoms with Gasteiger partial charge in [-0.15, -0.1) is 0 Å². The zero-order valence-electron chi connectivity index (χ0n) is 28.9. The van der Waals surface area contributed by atoms with Gasteiger partial charge in [0.25, 0.3) is 5.91 Å². The minimum atomic E-state index is -0.0518. The number of pyridine rings is 1. The van der Waals surface area contributed by atoms with Crippen LogP contribution in [0.3, 0.4) is 0 Å². The number of piperazine rings is 1. The second-order valence-corrected chi connectivity index (χ2v) is 12.7. The van der Waals surface area contributed by atoms with Crippen molar-refractivity contribution in [2.45, 2.75) is 71.9 Å². The van der Waals surface area contributed by atoms with E-state index >= 15 is 0 Å². The minimum Gasteiger partial charge on any atom is -0.469 e. The minimum absolute atomic E-state index is 0.0518. The number of carbonyl (C=O) groups excluding carboxylic acids is 2. The van der Waals surface area contributed by atoms with Crippen molar-refractivity contribution in [2.24, 2.45) is 0 Å². The molecule has 2 aromatic rings. The van der Waals surface area contributed by atoms with Crippen molar-refractivity contribution in [3.63, 3.8) is 0 Å². The number of amides is 3. The van der Waals surface area contributed by atoms with Gasteiger partial charge in [0.1, 0.15) is 5.82 Å². The second-order valence-electron chi connectivity index (χ2n) is 12.7. The molecule has 258 valence electrons. The van der Waals surface area contributed by atoms with Crippen LogP contribution >= 0.6 is 0 Å². The fourth-order valence-electron chi connectivity index (χ4n) is 6.62. The largest absolute Gasteiger partial charge is 0.469 e. The van der Waals surface area contributed by atoms with Gasteiger partial charge in [0.05, 0.1) is 0 Å². The van der Waals surface area contributed by atoms with E-state index in [9.17, 15) is 9.59 Å². The van der Waals surface area contributed by atoms with Gasteiger partial charge in [0, 0.05) is 82.9 Å². The number of hydrogen-bond donors (Lipinski definition) is 3. The molecule has 3 saturated heterocycles. The summed E-state index contributed by atoms with van der Waals surface area (Å²) in [5.41, 5.74) is 8.50. The van der Waals surface area contributed by atoms with Crippen LogP contribution in [0, 0.1) is 13.8 Å². The van der Waals surface area contributed by atoms with Crippen molar-refractivity contribution in [3.05, 3.63) is 65.7 Å². The smallest absolute Gasteiger partial charge is 0.322 e. The number of allylic oxidation sites excluding steroid dienone is 1. The number of nitrogens with one attached hydrogen (secondary N) is 2. The Balaban J connectivity index is 0.000000479. The van der Waals surface area contributed by atoms with Gasteiger partial charge in [0.2, 0.25) is 0 Å². The van der Waals surface area contributed by atoms with Crippen molar-refractivity contribution >= 4 is 23.4 Å². The molecule has 3 fully saturated rings. The summed E-state index contributed by atoms with van der Waals surface area (Å²) in [6, 6.07) is 12.3. The third-order valence-electron chi connectivity index (χ3n) is 9.31. The zero-order valence-corrected chi connectivity index (χ0v) is 28.9. The first kappa shape index (κ1) is 36.0. The van der Waals surface area contributed by atoms with Crippen LogP contribution in [0.2, 0.25) is 0 Å². The molecule has 11 nitrogen and oxygen atoms in total. The van der Waals surface area contributed by atoms with E-state index in [0.717, 1.165) is 107 Å². The quantitative estimate of drug-likeness (QED) is 0.342. The molecule has 0 atom stereocenters. The molecule has 3 aliphatic rings. The van der Waals surface area contributed by atoms with Crippen molar-refractivity contribution in [2.75, 3.05) is 76.6 Å². The summed E-state index contributed by atoms with van der Waals surface area (Å²) in [5.74, 6) is 1.50. The number of likely N-dealkylation sites (tertiary alicyclic amines) is 2. The van der Waals surface area contributed by atoms with Gasteiger partial charge in [-0.25, -0.2) is 9.78 Å². The van der Waals surface area contributed by atoms with E-state index < -0.39 is 0 Å². The molecular weight excluding hydrogens is 592 g/mol. The summed E-state index contributed by atoms with van der Waals surface area (Å²) in [6.07, 6.45) is 8.51. The number of nitrogens with zero attached hydrogens (tertiary/aromatic N) is 5. The molecule has 1 aromatic heterocycles. The first-order valence-electron chi connectivity index (χ1n) is 17.4. The number of anilines is 2. The molecule has 3 amide bonds. The van der Waals surface area contributed by atoms with E-state index in [1.165, 1.54) is 0 Å². The van der Waals surface area contributed by atoms with Crippen LogP contribution in [0.15, 0.2) is 54.6 Å². The van der Waals surface area contributed by atoms with E-state index in [2.05, 4.69) is 38.4 Å². The Kier molecular flexibility index (Phi) is 14.2. The van der Waals surface area contributed by atoms with Crippen LogP contribution in [0.4, 0.5) is 16.3 Å². The molecule has 0 saturated carbocycles. The van der Waals surface area contributed by atoms with Gasteiger partial charge < -0.3 is 35.8 Å². The summed E-state index contributed by atoms with van der Waals surface area (Å²) in [5, 5.41) is 6.44. The maximum absolute atomic E-state index is 13.0. The molecule has 1 aromatic carbocycles. The number of carbonyl (C=O) groups is 2. The van der Waals surface area contributed by atoms with Gasteiger partial charge in [-0.1, -0.05) is 31.2 Å². The van der Waals surface area contributed by atoms with Gasteiger partial charge in [-0.3, -0.25) is 9.69 Å². The number of aryl methyl sites for hydroxylation is 2. The highest BCUT2D eigenvalue weighted by Crippen LogP contribution is 2.23. The fraction of sp³-hybridized carbons (Fsp3) is 0.583. The van der Waals surface area contributed by atoms with Crippen LogP contribution in [0.25, 0.3) is 0 Å². The van der Waals surface area contributed by atoms with Crippen LogP contribution in [0.1, 0.15) is 57.1 Å². The lowest BCUT2D eigenvalue weighted by molar-refractivity contribution is -0.137. The number of benzene rings is 1. The molecule has 0 spiro atoms. The summed E-state index contributed by atoms with van der Waals surface area (Å²) < 4.78 is 6.11. The number of nitrogens with two attached hydrogens (primary N) is 1. The number of piperidine rings is 2. The zero-order chi connectivity index (χ0) is 33.6. The Morgan fingerprint density at radius 2 is 1.66 bits per heavy atom. The number of aromatic nitrogens is 1. The predicted octanol–water partition coefficient (Wildman–Crippen LogP) is 4.45. The first-order valence-corrected chi connectivity index (χ1v) is 17.4. The van der Waals surface area contributed by atoms with Crippen LogP contribution in [0.5, 0.6) is 0 Å². The molecule has 4 heterocycles. The summed E-state index contributed by atoms with van der Waals surface area (Å²) >= 11 is 0. The number of urea groups is 1. The van der Waals surface area contributed by atoms with Gasteiger partial charge in [-0.2, -0.15) is 0 Å². The summed E-state index contributed by atoms with van der Waals surface area (Å²) in [4.78, 5) is 38.5. The van der Waals surface area contributed by atoms with Crippen LogP contribution < -0.4 is 16.4 Å². The molecule has 0 radical (unpaired) electrons.